The van der Waals surface area contributed by atoms with Gasteiger partial charge in [0.15, 0.2) is 0 Å². The molecule has 26 heavy (non-hydrogen) atoms. The van der Waals surface area contributed by atoms with Gasteiger partial charge in [0.2, 0.25) is 11.8 Å². The maximum atomic E-state index is 12.2. The summed E-state index contributed by atoms with van der Waals surface area (Å²) < 4.78 is 5.74. The molecule has 0 radical (unpaired) electrons. The van der Waals surface area contributed by atoms with Crippen molar-refractivity contribution in [1.82, 2.24) is 5.32 Å². The quantitative estimate of drug-likeness (QED) is 0.717. The fourth-order valence-corrected chi connectivity index (χ4v) is 2.27. The average Bonchev–Trinajstić information content (AvgIpc) is 2.64. The maximum absolute atomic E-state index is 12.2. The smallest absolute Gasteiger partial charge is 0.248 e. The highest BCUT2D eigenvalue weighted by molar-refractivity contribution is 5.93. The van der Waals surface area contributed by atoms with E-state index < -0.39 is 5.91 Å². The number of hydrogen-bond donors (Lipinski definition) is 2. The van der Waals surface area contributed by atoms with Gasteiger partial charge in [-0.3, -0.25) is 9.59 Å². The first-order valence-corrected chi connectivity index (χ1v) is 8.52. The molecule has 2 aromatic carbocycles. The highest BCUT2D eigenvalue weighted by Crippen LogP contribution is 2.13. The Kier molecular flexibility index (Phi) is 6.97. The van der Waals surface area contributed by atoms with Crippen molar-refractivity contribution in [3.8, 4) is 5.75 Å². The van der Waals surface area contributed by atoms with Crippen LogP contribution in [-0.2, 0) is 4.79 Å². The topological polar surface area (TPSA) is 81.4 Å². The molecule has 5 nitrogen and oxygen atoms in total. The number of carbonyl (C=O) groups is 2. The number of nitrogens with two attached hydrogens (primary N) is 1. The summed E-state index contributed by atoms with van der Waals surface area (Å²) in [6, 6.07) is 16.1. The van der Waals surface area contributed by atoms with E-state index in [1.807, 2.05) is 44.2 Å². The third-order valence-corrected chi connectivity index (χ3v) is 3.93. The zero-order valence-corrected chi connectivity index (χ0v) is 15.0. The zero-order valence-electron chi connectivity index (χ0n) is 15.0. The Bertz CT molecular complexity index is 753. The van der Waals surface area contributed by atoms with E-state index in [-0.39, 0.29) is 17.9 Å². The molecule has 0 aliphatic rings. The van der Waals surface area contributed by atoms with Crippen LogP contribution in [0, 0.1) is 5.92 Å². The molecule has 2 rings (SSSR count). The summed E-state index contributed by atoms with van der Waals surface area (Å²) in [5.74, 6) is 0.179. The number of amides is 2. The predicted octanol–water partition coefficient (Wildman–Crippen LogP) is 3.02. The van der Waals surface area contributed by atoms with Crippen molar-refractivity contribution in [2.24, 2.45) is 11.7 Å². The molecule has 2 amide bonds. The van der Waals surface area contributed by atoms with E-state index in [4.69, 9.17) is 10.5 Å². The summed E-state index contributed by atoms with van der Waals surface area (Å²) in [5, 5.41) is 2.96. The Hall–Kier alpha value is -3.08. The molecule has 136 valence electrons. The highest BCUT2D eigenvalue weighted by Gasteiger charge is 2.16. The van der Waals surface area contributed by atoms with Crippen LogP contribution in [0.1, 0.15) is 29.8 Å². The number of rotatable bonds is 8. The number of carbonyl (C=O) groups excluding carboxylic acids is 2. The Morgan fingerprint density at radius 2 is 1.73 bits per heavy atom. The van der Waals surface area contributed by atoms with E-state index in [2.05, 4.69) is 5.32 Å². The second-order valence-corrected chi connectivity index (χ2v) is 6.30. The third-order valence-electron chi connectivity index (χ3n) is 3.93. The molecule has 0 saturated carbocycles. The molecule has 0 bridgehead atoms. The van der Waals surface area contributed by atoms with Crippen LogP contribution in [0.25, 0.3) is 6.08 Å². The number of ether oxygens (including phenoxy) is 1. The van der Waals surface area contributed by atoms with Crippen LogP contribution in [-0.4, -0.2) is 24.5 Å². The summed E-state index contributed by atoms with van der Waals surface area (Å²) in [5.41, 5.74) is 6.61. The fourth-order valence-electron chi connectivity index (χ4n) is 2.27. The van der Waals surface area contributed by atoms with E-state index in [1.165, 1.54) is 6.08 Å². The lowest BCUT2D eigenvalue weighted by molar-refractivity contribution is -0.117. The van der Waals surface area contributed by atoms with E-state index >= 15 is 0 Å². The molecule has 0 unspecified atom stereocenters. The number of hydrogen-bond acceptors (Lipinski definition) is 3. The predicted molar refractivity (Wildman–Crippen MR) is 103 cm³/mol. The van der Waals surface area contributed by atoms with Gasteiger partial charge in [-0.15, -0.1) is 0 Å². The number of primary amides is 1. The highest BCUT2D eigenvalue weighted by atomic mass is 16.5. The minimum atomic E-state index is -0.478. The van der Waals surface area contributed by atoms with Crippen LogP contribution in [0.4, 0.5) is 0 Å². The van der Waals surface area contributed by atoms with Crippen LogP contribution in [0.15, 0.2) is 60.7 Å². The van der Waals surface area contributed by atoms with Gasteiger partial charge in [-0.1, -0.05) is 44.2 Å². The minimum Gasteiger partial charge on any atom is -0.491 e. The SMILES string of the molecule is CC(C)[C@H](COc1ccc(C(N)=O)cc1)NC(=O)/C=C/c1ccccc1. The van der Waals surface area contributed by atoms with Crippen LogP contribution in [0.3, 0.4) is 0 Å². The van der Waals surface area contributed by atoms with Crippen LogP contribution >= 0.6 is 0 Å². The summed E-state index contributed by atoms with van der Waals surface area (Å²) in [4.78, 5) is 23.2. The Labute approximate surface area is 153 Å². The zero-order chi connectivity index (χ0) is 18.9. The van der Waals surface area contributed by atoms with Gasteiger partial charge in [0, 0.05) is 11.6 Å². The van der Waals surface area contributed by atoms with E-state index in [9.17, 15) is 9.59 Å². The molecule has 0 fully saturated rings. The molecule has 2 aromatic rings. The first-order chi connectivity index (χ1) is 12.5. The van der Waals surface area contributed by atoms with Gasteiger partial charge >= 0.3 is 0 Å². The van der Waals surface area contributed by atoms with Gasteiger partial charge in [0.05, 0.1) is 6.04 Å². The second kappa shape index (κ2) is 9.42. The molecule has 5 heteroatoms. The van der Waals surface area contributed by atoms with Crippen molar-refractivity contribution in [2.75, 3.05) is 6.61 Å². The normalized spacial score (nSPS) is 12.1. The van der Waals surface area contributed by atoms with E-state index in [0.717, 1.165) is 5.56 Å². The lowest BCUT2D eigenvalue weighted by atomic mass is 10.1. The largest absolute Gasteiger partial charge is 0.491 e. The summed E-state index contributed by atoms with van der Waals surface area (Å²) in [6.07, 6.45) is 3.29. The summed E-state index contributed by atoms with van der Waals surface area (Å²) in [6.45, 7) is 4.37. The number of benzene rings is 2. The van der Waals surface area contributed by atoms with Crippen molar-refractivity contribution in [1.29, 1.82) is 0 Å². The maximum Gasteiger partial charge on any atom is 0.248 e. The van der Waals surface area contributed by atoms with Crippen molar-refractivity contribution < 1.29 is 14.3 Å². The summed E-state index contributed by atoms with van der Waals surface area (Å²) in [7, 11) is 0. The van der Waals surface area contributed by atoms with Gasteiger partial charge < -0.3 is 15.8 Å². The lowest BCUT2D eigenvalue weighted by Crippen LogP contribution is -2.42. The van der Waals surface area contributed by atoms with Gasteiger partial charge in [-0.05, 0) is 41.8 Å². The molecule has 0 aliphatic heterocycles. The minimum absolute atomic E-state index is 0.140. The molecule has 0 spiro atoms. The molecule has 0 aliphatic carbocycles. The standard InChI is InChI=1S/C21H24N2O3/c1-15(2)19(14-26-18-11-9-17(10-12-18)21(22)25)23-20(24)13-8-16-6-4-3-5-7-16/h3-13,15,19H,14H2,1-2H3,(H2,22,25)(H,23,24)/b13-8+/t19-/m0/s1. The van der Waals surface area contributed by atoms with E-state index in [1.54, 1.807) is 30.3 Å². The van der Waals surface area contributed by atoms with E-state index in [0.29, 0.717) is 17.9 Å². The molecule has 0 aromatic heterocycles. The average molecular weight is 352 g/mol. The number of nitrogens with one attached hydrogen (secondary N) is 1. The molecule has 0 saturated heterocycles. The van der Waals surface area contributed by atoms with Crippen molar-refractivity contribution in [2.45, 2.75) is 19.9 Å². The van der Waals surface area contributed by atoms with Gasteiger partial charge in [0.25, 0.3) is 0 Å². The first kappa shape index (κ1) is 19.2. The van der Waals surface area contributed by atoms with Crippen molar-refractivity contribution >= 4 is 17.9 Å². The summed E-state index contributed by atoms with van der Waals surface area (Å²) >= 11 is 0. The molecule has 3 N–H and O–H groups in total. The fraction of sp³-hybridized carbons (Fsp3) is 0.238. The van der Waals surface area contributed by atoms with Crippen molar-refractivity contribution in [3.05, 3.63) is 71.8 Å². The van der Waals surface area contributed by atoms with Gasteiger partial charge in [-0.2, -0.15) is 0 Å². The monoisotopic (exact) mass is 352 g/mol. The lowest BCUT2D eigenvalue weighted by Gasteiger charge is -2.22. The third kappa shape index (κ3) is 6.09. The van der Waals surface area contributed by atoms with Crippen LogP contribution in [0.2, 0.25) is 0 Å². The molecular weight excluding hydrogens is 328 g/mol. The Morgan fingerprint density at radius 3 is 2.31 bits per heavy atom. The molecule has 0 heterocycles. The molecular formula is C21H24N2O3. The Morgan fingerprint density at radius 1 is 1.08 bits per heavy atom. The first-order valence-electron chi connectivity index (χ1n) is 8.52. The second-order valence-electron chi connectivity index (χ2n) is 6.30. The van der Waals surface area contributed by atoms with Crippen LogP contribution < -0.4 is 15.8 Å². The Balaban J connectivity index is 1.90. The van der Waals surface area contributed by atoms with Gasteiger partial charge in [-0.25, -0.2) is 0 Å². The molecule has 1 atom stereocenters. The van der Waals surface area contributed by atoms with Gasteiger partial charge in [0.1, 0.15) is 12.4 Å². The van der Waals surface area contributed by atoms with Crippen molar-refractivity contribution in [3.63, 3.8) is 0 Å². The van der Waals surface area contributed by atoms with Crippen LogP contribution in [0.5, 0.6) is 5.75 Å².